The molecule has 7 heterocycles. The lowest BCUT2D eigenvalue weighted by molar-refractivity contribution is -0.135. The Morgan fingerprint density at radius 2 is 1.82 bits per heavy atom. The number of thiazole rings is 1. The van der Waals surface area contributed by atoms with Crippen LogP contribution in [-0.4, -0.2) is 110 Å². The summed E-state index contributed by atoms with van der Waals surface area (Å²) in [7, 11) is 1.66. The third-order valence-electron chi connectivity index (χ3n) is 12.5. The molecule has 4 aliphatic rings. The summed E-state index contributed by atoms with van der Waals surface area (Å²) < 4.78 is 44.6. The molecular formula is C43H48F2N10O6S. The number of rotatable bonds is 10. The number of likely N-dealkylation sites (tertiary alicyclic amines) is 1. The molecule has 0 radical (unpaired) electrons. The van der Waals surface area contributed by atoms with Gasteiger partial charge in [0.1, 0.15) is 34.7 Å². The van der Waals surface area contributed by atoms with E-state index in [4.69, 9.17) is 9.47 Å². The minimum atomic E-state index is -2.83. The molecule has 4 fully saturated rings. The van der Waals surface area contributed by atoms with Crippen molar-refractivity contribution in [1.29, 1.82) is 0 Å². The lowest BCUT2D eigenvalue weighted by Crippen LogP contribution is -2.44. The fourth-order valence-corrected chi connectivity index (χ4v) is 10.3. The summed E-state index contributed by atoms with van der Waals surface area (Å²) in [5, 5.41) is 10.0. The van der Waals surface area contributed by atoms with Crippen molar-refractivity contribution >= 4 is 56.6 Å². The Morgan fingerprint density at radius 1 is 1.03 bits per heavy atom. The average molecular weight is 871 g/mol. The predicted octanol–water partition coefficient (Wildman–Crippen LogP) is 4.65. The molecule has 1 aromatic carbocycles. The number of aromatic nitrogens is 6. The van der Waals surface area contributed by atoms with Gasteiger partial charge in [-0.15, -0.1) is 11.3 Å². The number of para-hydroxylation sites is 1. The number of halogens is 2. The zero-order valence-electron chi connectivity index (χ0n) is 34.4. The number of aryl methyl sites for hydroxylation is 1. The van der Waals surface area contributed by atoms with Crippen molar-refractivity contribution in [3.63, 3.8) is 0 Å². The number of carbonyl (C=O) groups excluding carboxylic acids is 3. The Hall–Kier alpha value is -5.55. The SMILES string of the molecule is Cn1c(=O)n(C2CCC(=O)NC2=O)c2cccc(C#CCOC3CCN(CC4CCC(c5nc(C(F)F)c(NC(=O)c6cnn7ccc(N8CCOCC8)nc67)s5)CC4)CC3)c21. The number of benzene rings is 1. The molecule has 1 atom stereocenters. The minimum Gasteiger partial charge on any atom is -0.378 e. The zero-order valence-corrected chi connectivity index (χ0v) is 35.2. The largest absolute Gasteiger partial charge is 0.378 e. The number of piperidine rings is 2. The normalized spacial score (nSPS) is 21.7. The number of nitrogens with zero attached hydrogens (tertiary/aromatic N) is 8. The van der Waals surface area contributed by atoms with Crippen molar-refractivity contribution in [2.75, 3.05) is 62.8 Å². The molecule has 4 aromatic heterocycles. The van der Waals surface area contributed by atoms with Gasteiger partial charge in [0.25, 0.3) is 12.3 Å². The number of amides is 3. The predicted molar refractivity (Wildman–Crippen MR) is 227 cm³/mol. The molecule has 2 N–H and O–H groups in total. The van der Waals surface area contributed by atoms with Gasteiger partial charge in [0, 0.05) is 58.3 Å². The van der Waals surface area contributed by atoms with E-state index < -0.39 is 30.0 Å². The highest BCUT2D eigenvalue weighted by Gasteiger charge is 2.33. The number of alkyl halides is 2. The smallest absolute Gasteiger partial charge is 0.329 e. The van der Waals surface area contributed by atoms with Crippen LogP contribution in [0, 0.1) is 17.8 Å². The second kappa shape index (κ2) is 18.0. The highest BCUT2D eigenvalue weighted by Crippen LogP contribution is 2.42. The highest BCUT2D eigenvalue weighted by molar-refractivity contribution is 7.16. The molecule has 3 amide bonds. The van der Waals surface area contributed by atoms with Gasteiger partial charge in [0.15, 0.2) is 5.65 Å². The van der Waals surface area contributed by atoms with Crippen LogP contribution in [0.5, 0.6) is 0 Å². The molecular weight excluding hydrogens is 823 g/mol. The van der Waals surface area contributed by atoms with E-state index >= 15 is 0 Å². The topological polar surface area (TPSA) is 170 Å². The Balaban J connectivity index is 0.748. The van der Waals surface area contributed by atoms with Crippen LogP contribution in [0.4, 0.5) is 19.6 Å². The summed E-state index contributed by atoms with van der Waals surface area (Å²) in [5.41, 5.74) is 1.69. The van der Waals surface area contributed by atoms with Crippen molar-refractivity contribution in [1.82, 2.24) is 38.9 Å². The standard InChI is InChI=1S/C43H48F2N10O6S/c1-51-36-27(4-2-6-31(36)55(43(51)59)32-11-12-34(56)48-40(32)58)5-3-21-61-29-13-16-52(17-14-29)25-26-7-9-28(10-8-26)41-49-35(37(44)45)42(62-41)50-39(57)30-24-46-54-18-15-33(47-38(30)54)53-19-22-60-23-20-53/h2,4,6,15,18,24,26,28-29,32,37H,7-14,16-17,19-23,25H2,1H3,(H,50,57)(H,48,56,58). The van der Waals surface area contributed by atoms with Crippen LogP contribution < -0.4 is 21.2 Å². The van der Waals surface area contributed by atoms with E-state index in [9.17, 15) is 28.0 Å². The molecule has 3 saturated heterocycles. The first kappa shape index (κ1) is 41.8. The van der Waals surface area contributed by atoms with Gasteiger partial charge in [-0.1, -0.05) is 17.9 Å². The number of morpholine rings is 1. The van der Waals surface area contributed by atoms with E-state index in [0.29, 0.717) is 65.3 Å². The quantitative estimate of drug-likeness (QED) is 0.148. The van der Waals surface area contributed by atoms with Crippen LogP contribution in [0.2, 0.25) is 0 Å². The molecule has 62 heavy (non-hydrogen) atoms. The van der Waals surface area contributed by atoms with Crippen molar-refractivity contribution in [3.8, 4) is 11.8 Å². The summed E-state index contributed by atoms with van der Waals surface area (Å²) in [5.74, 6) is 6.16. The summed E-state index contributed by atoms with van der Waals surface area (Å²) in [6.45, 7) is 5.58. The maximum absolute atomic E-state index is 14.3. The first-order valence-corrected chi connectivity index (χ1v) is 22.1. The monoisotopic (exact) mass is 870 g/mol. The fourth-order valence-electron chi connectivity index (χ4n) is 9.20. The van der Waals surface area contributed by atoms with Gasteiger partial charge >= 0.3 is 5.69 Å². The molecule has 0 bridgehead atoms. The van der Waals surface area contributed by atoms with Gasteiger partial charge in [-0.05, 0) is 69.1 Å². The van der Waals surface area contributed by atoms with E-state index in [1.165, 1.54) is 19.8 Å². The molecule has 3 aliphatic heterocycles. The van der Waals surface area contributed by atoms with Gasteiger partial charge < -0.3 is 24.6 Å². The number of hydrogen-bond donors (Lipinski definition) is 2. The van der Waals surface area contributed by atoms with Crippen molar-refractivity contribution in [2.45, 2.75) is 75.9 Å². The number of hydrogen-bond acceptors (Lipinski definition) is 12. The van der Waals surface area contributed by atoms with E-state index in [1.807, 2.05) is 18.2 Å². The Kier molecular flexibility index (Phi) is 12.2. The summed E-state index contributed by atoms with van der Waals surface area (Å²) in [6.07, 6.45) is 6.24. The van der Waals surface area contributed by atoms with Crippen LogP contribution in [-0.2, 0) is 26.1 Å². The fraction of sp³-hybridized carbons (Fsp3) is 0.512. The van der Waals surface area contributed by atoms with Gasteiger partial charge in [-0.3, -0.25) is 28.8 Å². The second-order valence-electron chi connectivity index (χ2n) is 16.4. The Bertz CT molecular complexity index is 2610. The highest BCUT2D eigenvalue weighted by atomic mass is 32.1. The molecule has 9 rings (SSSR count). The van der Waals surface area contributed by atoms with Gasteiger partial charge in [-0.2, -0.15) is 5.10 Å². The van der Waals surface area contributed by atoms with Crippen LogP contribution in [0.25, 0.3) is 16.7 Å². The first-order chi connectivity index (χ1) is 30.1. The first-order valence-electron chi connectivity index (χ1n) is 21.2. The van der Waals surface area contributed by atoms with Gasteiger partial charge in [0.05, 0.1) is 47.1 Å². The molecule has 0 spiro atoms. The van der Waals surface area contributed by atoms with Crippen LogP contribution in [0.15, 0.2) is 41.5 Å². The molecule has 5 aromatic rings. The van der Waals surface area contributed by atoms with E-state index in [-0.39, 0.29) is 53.6 Å². The van der Waals surface area contributed by atoms with E-state index in [0.717, 1.165) is 69.5 Å². The van der Waals surface area contributed by atoms with Crippen LogP contribution in [0.1, 0.15) is 96.4 Å². The van der Waals surface area contributed by atoms with Crippen molar-refractivity contribution in [3.05, 3.63) is 69.0 Å². The molecule has 16 nitrogen and oxygen atoms in total. The molecule has 1 aliphatic carbocycles. The molecule has 326 valence electrons. The van der Waals surface area contributed by atoms with Crippen LogP contribution >= 0.6 is 11.3 Å². The van der Waals surface area contributed by atoms with Crippen molar-refractivity contribution in [2.24, 2.45) is 13.0 Å². The second-order valence-corrected chi connectivity index (χ2v) is 17.4. The third-order valence-corrected chi connectivity index (χ3v) is 13.7. The summed E-state index contributed by atoms with van der Waals surface area (Å²) in [6, 6.07) is 6.51. The number of imidazole rings is 1. The average Bonchev–Trinajstić information content (AvgIpc) is 3.98. The van der Waals surface area contributed by atoms with E-state index in [1.54, 1.807) is 19.3 Å². The maximum Gasteiger partial charge on any atom is 0.329 e. The number of fused-ring (bicyclic) bond motifs is 2. The summed E-state index contributed by atoms with van der Waals surface area (Å²) >= 11 is 1.14. The number of imide groups is 1. The number of nitrogens with one attached hydrogen (secondary N) is 2. The lowest BCUT2D eigenvalue weighted by Gasteiger charge is -2.36. The third kappa shape index (κ3) is 8.61. The number of carbonyl (C=O) groups is 3. The summed E-state index contributed by atoms with van der Waals surface area (Å²) in [4.78, 5) is 64.6. The Morgan fingerprint density at radius 3 is 2.58 bits per heavy atom. The molecule has 1 unspecified atom stereocenters. The van der Waals surface area contributed by atoms with Gasteiger partial charge in [0.2, 0.25) is 11.8 Å². The zero-order chi connectivity index (χ0) is 42.9. The van der Waals surface area contributed by atoms with Gasteiger partial charge in [-0.25, -0.2) is 28.1 Å². The van der Waals surface area contributed by atoms with Crippen LogP contribution in [0.3, 0.4) is 0 Å². The number of ether oxygens (including phenoxy) is 2. The lowest BCUT2D eigenvalue weighted by atomic mass is 9.82. The van der Waals surface area contributed by atoms with E-state index in [2.05, 4.69) is 47.3 Å². The molecule has 19 heteroatoms. The van der Waals surface area contributed by atoms with Crippen molar-refractivity contribution < 1.29 is 32.6 Å². The molecule has 1 saturated carbocycles. The minimum absolute atomic E-state index is 0.0523. The maximum atomic E-state index is 14.3. The number of anilines is 2. The Labute approximate surface area is 359 Å².